The minimum atomic E-state index is -4.53. The summed E-state index contributed by atoms with van der Waals surface area (Å²) in [4.78, 5) is 28.5. The van der Waals surface area contributed by atoms with Crippen LogP contribution >= 0.6 is 0 Å². The fourth-order valence-corrected chi connectivity index (χ4v) is 3.16. The summed E-state index contributed by atoms with van der Waals surface area (Å²) in [5.74, 6) is -2.12. The Morgan fingerprint density at radius 3 is 2.70 bits per heavy atom. The van der Waals surface area contributed by atoms with Gasteiger partial charge in [0.05, 0.1) is 30.8 Å². The van der Waals surface area contributed by atoms with Gasteiger partial charge in [-0.15, -0.1) is 0 Å². The summed E-state index contributed by atoms with van der Waals surface area (Å²) in [6, 6.07) is 7.86. The second-order valence-corrected chi connectivity index (χ2v) is 6.11. The van der Waals surface area contributed by atoms with Crippen molar-refractivity contribution in [2.45, 2.75) is 24.4 Å². The van der Waals surface area contributed by atoms with E-state index < -0.39 is 29.5 Å². The first-order chi connectivity index (χ1) is 12.8. The molecule has 1 fully saturated rings. The van der Waals surface area contributed by atoms with Gasteiger partial charge < -0.3 is 9.15 Å². The number of benzene rings is 1. The number of hydrogen-bond acceptors (Lipinski definition) is 5. The molecule has 0 saturated heterocycles. The molecule has 8 heteroatoms. The molecule has 0 aliphatic heterocycles. The van der Waals surface area contributed by atoms with Crippen LogP contribution in [0.3, 0.4) is 0 Å². The Hall–Kier alpha value is -2.90. The summed E-state index contributed by atoms with van der Waals surface area (Å²) in [7, 11) is 1.21. The van der Waals surface area contributed by atoms with E-state index in [2.05, 4.69) is 9.73 Å². The minimum absolute atomic E-state index is 0.171. The maximum Gasteiger partial charge on any atom is 0.416 e. The molecule has 0 radical (unpaired) electrons. The standard InChI is InChI=1S/C19H16F3NO4/c1-26-16(24)10-23-14-9-13(15-6-3-7-27-15)18(25)17(14)11-4-2-5-12(8-11)19(20,21)22/h2-8,13,17H,9-10H2,1H3. The van der Waals surface area contributed by atoms with E-state index in [0.717, 1.165) is 12.1 Å². The van der Waals surface area contributed by atoms with Crippen LogP contribution in [0.2, 0.25) is 0 Å². The Balaban J connectivity index is 2.01. The molecule has 0 N–H and O–H groups in total. The van der Waals surface area contributed by atoms with Crippen molar-refractivity contribution in [2.24, 2.45) is 4.99 Å². The van der Waals surface area contributed by atoms with Crippen LogP contribution < -0.4 is 0 Å². The Bertz CT molecular complexity index is 871. The third kappa shape index (κ3) is 3.94. The van der Waals surface area contributed by atoms with Crippen LogP contribution in [0.1, 0.15) is 35.1 Å². The predicted molar refractivity (Wildman–Crippen MR) is 89.6 cm³/mol. The second kappa shape index (κ2) is 7.38. The maximum absolute atomic E-state index is 13.1. The molecule has 0 spiro atoms. The summed E-state index contributed by atoms with van der Waals surface area (Å²) in [6.07, 6.45) is -2.93. The van der Waals surface area contributed by atoms with E-state index in [4.69, 9.17) is 4.42 Å². The molecule has 1 aliphatic rings. The number of nitrogens with zero attached hydrogens (tertiary/aromatic N) is 1. The third-order valence-corrected chi connectivity index (χ3v) is 4.45. The molecule has 27 heavy (non-hydrogen) atoms. The molecule has 142 valence electrons. The van der Waals surface area contributed by atoms with Crippen molar-refractivity contribution in [3.8, 4) is 0 Å². The summed E-state index contributed by atoms with van der Waals surface area (Å²) in [5, 5.41) is 0. The average Bonchev–Trinajstić information content (AvgIpc) is 3.26. The van der Waals surface area contributed by atoms with Crippen LogP contribution in [0.25, 0.3) is 0 Å². The van der Waals surface area contributed by atoms with Crippen molar-refractivity contribution in [1.82, 2.24) is 0 Å². The zero-order valence-electron chi connectivity index (χ0n) is 14.3. The number of esters is 1. The number of carbonyl (C=O) groups excluding carboxylic acids is 2. The van der Waals surface area contributed by atoms with Crippen LogP contribution in [0.15, 0.2) is 52.1 Å². The molecule has 1 aromatic carbocycles. The van der Waals surface area contributed by atoms with Crippen molar-refractivity contribution in [2.75, 3.05) is 13.7 Å². The number of carbonyl (C=O) groups is 2. The van der Waals surface area contributed by atoms with Gasteiger partial charge in [-0.1, -0.05) is 18.2 Å². The molecule has 2 atom stereocenters. The van der Waals surface area contributed by atoms with Gasteiger partial charge in [0.2, 0.25) is 0 Å². The lowest BCUT2D eigenvalue weighted by molar-refractivity contribution is -0.139. The van der Waals surface area contributed by atoms with Gasteiger partial charge in [-0.2, -0.15) is 13.2 Å². The van der Waals surface area contributed by atoms with Crippen molar-refractivity contribution >= 4 is 17.5 Å². The Labute approximate surface area is 152 Å². The van der Waals surface area contributed by atoms with E-state index in [1.807, 2.05) is 0 Å². The first kappa shape index (κ1) is 18.9. The minimum Gasteiger partial charge on any atom is -0.469 e. The molecule has 2 unspecified atom stereocenters. The van der Waals surface area contributed by atoms with Gasteiger partial charge >= 0.3 is 12.1 Å². The highest BCUT2D eigenvalue weighted by Crippen LogP contribution is 2.40. The highest BCUT2D eigenvalue weighted by Gasteiger charge is 2.43. The molecule has 2 aromatic rings. The molecule has 1 aliphatic carbocycles. The van der Waals surface area contributed by atoms with E-state index in [9.17, 15) is 22.8 Å². The van der Waals surface area contributed by atoms with Gasteiger partial charge in [-0.25, -0.2) is 0 Å². The topological polar surface area (TPSA) is 68.9 Å². The number of ether oxygens (including phenoxy) is 1. The van der Waals surface area contributed by atoms with Crippen LogP contribution in [0, 0.1) is 0 Å². The van der Waals surface area contributed by atoms with Crippen LogP contribution in [-0.4, -0.2) is 31.1 Å². The van der Waals surface area contributed by atoms with Crippen molar-refractivity contribution < 1.29 is 31.9 Å². The van der Waals surface area contributed by atoms with E-state index in [0.29, 0.717) is 11.5 Å². The fourth-order valence-electron chi connectivity index (χ4n) is 3.16. The summed E-state index contributed by atoms with van der Waals surface area (Å²) >= 11 is 0. The van der Waals surface area contributed by atoms with Gasteiger partial charge in [-0.3, -0.25) is 14.6 Å². The highest BCUT2D eigenvalue weighted by molar-refractivity contribution is 6.18. The molecule has 5 nitrogen and oxygen atoms in total. The van der Waals surface area contributed by atoms with Crippen molar-refractivity contribution in [3.05, 3.63) is 59.5 Å². The zero-order chi connectivity index (χ0) is 19.6. The number of aliphatic imine (C=N–C) groups is 1. The van der Waals surface area contributed by atoms with E-state index >= 15 is 0 Å². The number of methoxy groups -OCH3 is 1. The Morgan fingerprint density at radius 2 is 2.07 bits per heavy atom. The van der Waals surface area contributed by atoms with Gasteiger partial charge in [0, 0.05) is 12.1 Å². The number of furan rings is 1. The summed E-state index contributed by atoms with van der Waals surface area (Å²) in [5.41, 5.74) is -0.319. The van der Waals surface area contributed by atoms with E-state index in [1.54, 1.807) is 12.1 Å². The van der Waals surface area contributed by atoms with Gasteiger partial charge in [0.1, 0.15) is 12.3 Å². The SMILES string of the molecule is COC(=O)CN=C1CC(c2ccco2)C(=O)C1c1cccc(C(F)(F)F)c1. The monoisotopic (exact) mass is 379 g/mol. The maximum atomic E-state index is 13.1. The van der Waals surface area contributed by atoms with Crippen LogP contribution in [-0.2, 0) is 20.5 Å². The van der Waals surface area contributed by atoms with Crippen LogP contribution in [0.5, 0.6) is 0 Å². The number of alkyl halides is 3. The normalized spacial score (nSPS) is 21.6. The largest absolute Gasteiger partial charge is 0.469 e. The van der Waals surface area contributed by atoms with E-state index in [-0.39, 0.29) is 24.3 Å². The number of Topliss-reactive ketones (excluding diaryl/α,β-unsaturated/α-hetero) is 1. The number of rotatable bonds is 4. The Kier molecular flexibility index (Phi) is 5.16. The smallest absolute Gasteiger partial charge is 0.416 e. The number of hydrogen-bond donors (Lipinski definition) is 0. The van der Waals surface area contributed by atoms with Crippen molar-refractivity contribution in [1.29, 1.82) is 0 Å². The number of halogens is 3. The first-order valence-corrected chi connectivity index (χ1v) is 8.15. The molecule has 3 rings (SSSR count). The average molecular weight is 379 g/mol. The fraction of sp³-hybridized carbons (Fsp3) is 0.316. The Morgan fingerprint density at radius 1 is 1.30 bits per heavy atom. The second-order valence-electron chi connectivity index (χ2n) is 6.11. The first-order valence-electron chi connectivity index (χ1n) is 8.15. The lowest BCUT2D eigenvalue weighted by atomic mass is 9.92. The number of ketones is 1. The lowest BCUT2D eigenvalue weighted by Crippen LogP contribution is -2.17. The van der Waals surface area contributed by atoms with Gasteiger partial charge in [0.25, 0.3) is 0 Å². The molecular formula is C19H16F3NO4. The van der Waals surface area contributed by atoms with Gasteiger partial charge in [0.15, 0.2) is 5.78 Å². The molecule has 1 saturated carbocycles. The highest BCUT2D eigenvalue weighted by atomic mass is 19.4. The van der Waals surface area contributed by atoms with E-state index in [1.165, 1.54) is 25.5 Å². The summed E-state index contributed by atoms with van der Waals surface area (Å²) in [6.45, 7) is -0.306. The molecule has 1 heterocycles. The third-order valence-electron chi connectivity index (χ3n) is 4.45. The summed E-state index contributed by atoms with van der Waals surface area (Å²) < 4.78 is 49.0. The predicted octanol–water partition coefficient (Wildman–Crippen LogP) is 3.75. The molecular weight excluding hydrogens is 363 g/mol. The lowest BCUT2D eigenvalue weighted by Gasteiger charge is -2.14. The van der Waals surface area contributed by atoms with Gasteiger partial charge in [-0.05, 0) is 23.8 Å². The quantitative estimate of drug-likeness (QED) is 0.759. The molecule has 0 amide bonds. The molecule has 1 aromatic heterocycles. The molecule has 0 bridgehead atoms. The van der Waals surface area contributed by atoms with Crippen molar-refractivity contribution in [3.63, 3.8) is 0 Å². The van der Waals surface area contributed by atoms with Crippen LogP contribution in [0.4, 0.5) is 13.2 Å². The zero-order valence-corrected chi connectivity index (χ0v) is 14.3.